The molecule has 36 heavy (non-hydrogen) atoms. The molecule has 192 valence electrons. The number of hydrogen-bond donors (Lipinski definition) is 1. The first-order chi connectivity index (χ1) is 17.3. The van der Waals surface area contributed by atoms with Gasteiger partial charge in [-0.1, -0.05) is 44.7 Å². The highest BCUT2D eigenvalue weighted by Gasteiger charge is 2.41. The predicted molar refractivity (Wildman–Crippen MR) is 137 cm³/mol. The molecule has 1 aliphatic carbocycles. The van der Waals surface area contributed by atoms with E-state index in [1.165, 1.54) is 0 Å². The van der Waals surface area contributed by atoms with Gasteiger partial charge >= 0.3 is 0 Å². The number of nitrogens with one attached hydrogen (secondary N) is 1. The molecule has 0 bridgehead atoms. The normalized spacial score (nSPS) is 21.0. The highest BCUT2D eigenvalue weighted by Crippen LogP contribution is 2.45. The van der Waals surface area contributed by atoms with Crippen molar-refractivity contribution in [1.82, 2.24) is 19.7 Å². The van der Waals surface area contributed by atoms with Crippen LogP contribution in [0.3, 0.4) is 0 Å². The van der Waals surface area contributed by atoms with Gasteiger partial charge in [0.1, 0.15) is 11.8 Å². The Kier molecular flexibility index (Phi) is 7.07. The average molecular weight is 512 g/mol. The van der Waals surface area contributed by atoms with Crippen molar-refractivity contribution in [1.29, 1.82) is 0 Å². The van der Waals surface area contributed by atoms with Crippen molar-refractivity contribution in [2.45, 2.75) is 51.2 Å². The Balaban J connectivity index is 1.40. The summed E-state index contributed by atoms with van der Waals surface area (Å²) >= 11 is 1.62. The molecule has 2 aromatic rings. The van der Waals surface area contributed by atoms with Crippen LogP contribution in [0, 0.1) is 5.41 Å². The van der Waals surface area contributed by atoms with Gasteiger partial charge in [0, 0.05) is 36.5 Å². The van der Waals surface area contributed by atoms with Crippen molar-refractivity contribution < 1.29 is 19.1 Å². The number of carbonyl (C=O) groups is 2. The first-order valence-electron chi connectivity index (χ1n) is 12.6. The summed E-state index contributed by atoms with van der Waals surface area (Å²) in [6.07, 6.45) is 2.30. The second-order valence-corrected chi connectivity index (χ2v) is 11.3. The minimum absolute atomic E-state index is 0.0131. The van der Waals surface area contributed by atoms with Gasteiger partial charge in [-0.05, 0) is 36.0 Å². The zero-order valence-corrected chi connectivity index (χ0v) is 21.9. The number of hydrogen-bond acceptors (Lipinski definition) is 8. The summed E-state index contributed by atoms with van der Waals surface area (Å²) in [4.78, 5) is 32.3. The number of aromatic nitrogens is 3. The number of carbonyl (C=O) groups excluding carboxylic acids is 2. The summed E-state index contributed by atoms with van der Waals surface area (Å²) in [6.45, 7) is 8.68. The Morgan fingerprint density at radius 1 is 1.22 bits per heavy atom. The van der Waals surface area contributed by atoms with E-state index in [2.05, 4.69) is 26.1 Å². The highest BCUT2D eigenvalue weighted by molar-refractivity contribution is 7.99. The zero-order valence-electron chi connectivity index (χ0n) is 21.1. The van der Waals surface area contributed by atoms with Gasteiger partial charge in [-0.2, -0.15) is 4.98 Å². The molecule has 1 unspecified atom stereocenters. The molecular formula is C26H33N5O4S. The van der Waals surface area contributed by atoms with E-state index in [1.54, 1.807) is 16.7 Å². The van der Waals surface area contributed by atoms with E-state index in [0.717, 1.165) is 35.4 Å². The van der Waals surface area contributed by atoms with Crippen molar-refractivity contribution in [3.05, 3.63) is 41.1 Å². The summed E-state index contributed by atoms with van der Waals surface area (Å²) in [7, 11) is 0. The van der Waals surface area contributed by atoms with Crippen LogP contribution in [0.1, 0.15) is 51.6 Å². The fourth-order valence-corrected chi connectivity index (χ4v) is 5.63. The van der Waals surface area contributed by atoms with E-state index >= 15 is 0 Å². The first kappa shape index (κ1) is 24.8. The van der Waals surface area contributed by atoms with Crippen molar-refractivity contribution in [3.8, 4) is 5.75 Å². The van der Waals surface area contributed by atoms with E-state index < -0.39 is 0 Å². The minimum Gasteiger partial charge on any atom is -0.484 e. The lowest BCUT2D eigenvalue weighted by molar-refractivity contribution is -0.137. The van der Waals surface area contributed by atoms with Crippen LogP contribution in [0.2, 0.25) is 0 Å². The molecule has 1 aromatic carbocycles. The average Bonchev–Trinajstić information content (AvgIpc) is 3.27. The lowest BCUT2D eigenvalue weighted by atomic mass is 9.73. The van der Waals surface area contributed by atoms with Crippen LogP contribution in [0.5, 0.6) is 5.75 Å². The molecule has 1 saturated heterocycles. The van der Waals surface area contributed by atoms with Gasteiger partial charge in [0.15, 0.2) is 12.4 Å². The van der Waals surface area contributed by atoms with Gasteiger partial charge < -0.3 is 19.7 Å². The molecule has 10 heteroatoms. The van der Waals surface area contributed by atoms with Gasteiger partial charge in [-0.25, -0.2) is 4.68 Å². The SMILES string of the molecule is CCCSc1nc2n(n1)C(c1ccc(OCC(=O)N3CCOCC3)cc1)C1=C(CC(C)(C)CC1=O)N2. The zero-order chi connectivity index (χ0) is 25.3. The topological polar surface area (TPSA) is 98.6 Å². The van der Waals surface area contributed by atoms with E-state index in [-0.39, 0.29) is 29.8 Å². The van der Waals surface area contributed by atoms with Gasteiger partial charge in [0.2, 0.25) is 11.1 Å². The van der Waals surface area contributed by atoms with Gasteiger partial charge in [0.25, 0.3) is 5.91 Å². The number of thioether (sulfide) groups is 1. The number of anilines is 1. The number of ether oxygens (including phenoxy) is 2. The van der Waals surface area contributed by atoms with Crippen LogP contribution in [-0.2, 0) is 14.3 Å². The lowest BCUT2D eigenvalue weighted by Gasteiger charge is -2.38. The van der Waals surface area contributed by atoms with Gasteiger partial charge in [-0.3, -0.25) is 9.59 Å². The highest BCUT2D eigenvalue weighted by atomic mass is 32.2. The molecule has 1 fully saturated rings. The van der Waals surface area contributed by atoms with Crippen molar-refractivity contribution >= 4 is 29.4 Å². The molecule has 9 nitrogen and oxygen atoms in total. The summed E-state index contributed by atoms with van der Waals surface area (Å²) in [5, 5.41) is 8.89. The van der Waals surface area contributed by atoms with Crippen LogP contribution in [0.25, 0.3) is 0 Å². The molecule has 1 atom stereocenters. The third-order valence-corrected chi connectivity index (χ3v) is 7.71. The maximum Gasteiger partial charge on any atom is 0.260 e. The number of morpholine rings is 1. The monoisotopic (exact) mass is 511 g/mol. The fraction of sp³-hybridized carbons (Fsp3) is 0.538. The lowest BCUT2D eigenvalue weighted by Crippen LogP contribution is -2.42. The number of Topliss-reactive ketones (excluding diaryl/α,β-unsaturated/α-hetero) is 1. The molecule has 1 amide bonds. The Morgan fingerprint density at radius 3 is 2.69 bits per heavy atom. The van der Waals surface area contributed by atoms with E-state index in [0.29, 0.717) is 49.6 Å². The molecular weight excluding hydrogens is 478 g/mol. The number of rotatable bonds is 7. The first-order valence-corrected chi connectivity index (χ1v) is 13.5. The predicted octanol–water partition coefficient (Wildman–Crippen LogP) is 3.68. The quantitative estimate of drug-likeness (QED) is 0.562. The van der Waals surface area contributed by atoms with E-state index in [1.807, 2.05) is 28.9 Å². The maximum atomic E-state index is 13.4. The molecule has 1 aromatic heterocycles. The molecule has 0 spiro atoms. The number of nitrogens with zero attached hydrogens (tertiary/aromatic N) is 4. The molecule has 1 N–H and O–H groups in total. The van der Waals surface area contributed by atoms with Crippen molar-refractivity contribution in [3.63, 3.8) is 0 Å². The minimum atomic E-state index is -0.354. The molecule has 0 saturated carbocycles. The number of ketones is 1. The van der Waals surface area contributed by atoms with Crippen LogP contribution < -0.4 is 10.1 Å². The summed E-state index contributed by atoms with van der Waals surface area (Å²) in [6, 6.07) is 7.25. The summed E-state index contributed by atoms with van der Waals surface area (Å²) in [5.41, 5.74) is 2.52. The van der Waals surface area contributed by atoms with Crippen molar-refractivity contribution in [2.24, 2.45) is 5.41 Å². The standard InChI is InChI=1S/C26H33N5O4S/c1-4-13-36-25-28-24-27-19-14-26(2,3)15-20(32)22(19)23(31(24)29-25)17-5-7-18(8-6-17)35-16-21(33)30-9-11-34-12-10-30/h5-8,23H,4,9-16H2,1-3H3,(H,27,28,29). The molecule has 3 aliphatic rings. The Hall–Kier alpha value is -2.85. The summed E-state index contributed by atoms with van der Waals surface area (Å²) < 4.78 is 12.9. The third kappa shape index (κ3) is 5.15. The number of fused-ring (bicyclic) bond motifs is 1. The second kappa shape index (κ2) is 10.3. The Morgan fingerprint density at radius 2 is 1.97 bits per heavy atom. The largest absolute Gasteiger partial charge is 0.484 e. The van der Waals surface area contributed by atoms with Gasteiger partial charge in [0.05, 0.1) is 13.2 Å². The van der Waals surface area contributed by atoms with E-state index in [9.17, 15) is 9.59 Å². The van der Waals surface area contributed by atoms with Crippen molar-refractivity contribution in [2.75, 3.05) is 44.0 Å². The number of amides is 1. The molecule has 2 aliphatic heterocycles. The van der Waals surface area contributed by atoms with Crippen LogP contribution >= 0.6 is 11.8 Å². The molecule has 5 rings (SSSR count). The smallest absolute Gasteiger partial charge is 0.260 e. The Bertz CT molecular complexity index is 1170. The van der Waals surface area contributed by atoms with E-state index in [4.69, 9.17) is 19.6 Å². The third-order valence-electron chi connectivity index (χ3n) is 6.67. The summed E-state index contributed by atoms with van der Waals surface area (Å²) in [5.74, 6) is 2.30. The second-order valence-electron chi connectivity index (χ2n) is 10.2. The Labute approximate surface area is 215 Å². The van der Waals surface area contributed by atoms with Crippen LogP contribution in [0.15, 0.2) is 40.7 Å². The maximum absolute atomic E-state index is 13.4. The van der Waals surface area contributed by atoms with Gasteiger partial charge in [-0.15, -0.1) is 5.10 Å². The van der Waals surface area contributed by atoms with Crippen LogP contribution in [-0.4, -0.2) is 70.0 Å². The fourth-order valence-electron chi connectivity index (χ4n) is 4.95. The number of benzene rings is 1. The molecule has 0 radical (unpaired) electrons. The van der Waals surface area contributed by atoms with Crippen LogP contribution in [0.4, 0.5) is 5.95 Å². The number of allylic oxidation sites excluding steroid dienone is 2. The molecule has 3 heterocycles.